The van der Waals surface area contributed by atoms with Gasteiger partial charge in [0, 0.05) is 12.1 Å². The highest BCUT2D eigenvalue weighted by molar-refractivity contribution is 6.25. The van der Waals surface area contributed by atoms with Crippen LogP contribution in [-0.2, 0) is 19.9 Å². The molecule has 0 radical (unpaired) electrons. The Hall–Kier alpha value is -3.25. The van der Waals surface area contributed by atoms with Crippen LogP contribution in [0, 0.1) is 11.8 Å². The molecule has 6 nitrogen and oxygen atoms in total. The number of hydrogen-bond acceptors (Lipinski definition) is 3. The van der Waals surface area contributed by atoms with Crippen molar-refractivity contribution in [2.24, 2.45) is 11.8 Å². The zero-order chi connectivity index (χ0) is 21.2. The number of benzene rings is 2. The van der Waals surface area contributed by atoms with Crippen LogP contribution in [0.2, 0.25) is 0 Å². The topological polar surface area (TPSA) is 74.3 Å². The molecule has 2 N–H and O–H groups in total. The van der Waals surface area contributed by atoms with Crippen LogP contribution < -0.4 is 15.1 Å². The molecule has 1 spiro atoms. The first kappa shape index (κ1) is 18.8. The molecule has 3 aliphatic rings. The quantitative estimate of drug-likeness (QED) is 0.626. The van der Waals surface area contributed by atoms with E-state index in [2.05, 4.69) is 6.58 Å². The van der Waals surface area contributed by atoms with E-state index in [0.717, 1.165) is 16.8 Å². The minimum Gasteiger partial charge on any atom is -0.326 e. The summed E-state index contributed by atoms with van der Waals surface area (Å²) in [6, 6.07) is 16.4. The summed E-state index contributed by atoms with van der Waals surface area (Å²) < 4.78 is 0. The molecular weight excluding hydrogens is 378 g/mol. The van der Waals surface area contributed by atoms with E-state index in [-0.39, 0.29) is 23.8 Å². The zero-order valence-electron chi connectivity index (χ0n) is 17.0. The largest absolute Gasteiger partial charge is 0.326 e. The smallest absolute Gasteiger partial charge is 0.294 e. The number of nitrogens with zero attached hydrogens (tertiary/aromatic N) is 2. The molecular formula is C24H24N3O3+. The van der Waals surface area contributed by atoms with Crippen molar-refractivity contribution in [3.8, 4) is 0 Å². The van der Waals surface area contributed by atoms with Gasteiger partial charge in [-0.15, -0.1) is 0 Å². The summed E-state index contributed by atoms with van der Waals surface area (Å²) >= 11 is 0. The summed E-state index contributed by atoms with van der Waals surface area (Å²) in [6.07, 6.45) is 0. The summed E-state index contributed by atoms with van der Waals surface area (Å²) in [5.41, 5.74) is 1.91. The van der Waals surface area contributed by atoms with Gasteiger partial charge in [-0.3, -0.25) is 14.4 Å². The molecule has 0 aromatic heterocycles. The van der Waals surface area contributed by atoms with Crippen molar-refractivity contribution in [1.82, 2.24) is 0 Å². The molecule has 6 heteroatoms. The monoisotopic (exact) mass is 402 g/mol. The minimum atomic E-state index is -1.12. The standard InChI is InChI=1S/C24H23N3O3/c1-14(2)13-26-18-12-8-7-11-17(18)24(23(26)30)20-19(15(3)25-24)21(28)27(22(20)29)16-9-5-4-6-10-16/h4-12,15,19-20,25H,1,13H2,2-3H3/p+1/t15-,19+,20+,24+/m1/s1. The normalized spacial score (nSPS) is 29.7. The molecule has 3 heterocycles. The summed E-state index contributed by atoms with van der Waals surface area (Å²) in [7, 11) is 0. The molecule has 5 rings (SSSR count). The lowest BCUT2D eigenvalue weighted by molar-refractivity contribution is -0.730. The summed E-state index contributed by atoms with van der Waals surface area (Å²) in [4.78, 5) is 43.9. The van der Waals surface area contributed by atoms with Gasteiger partial charge in [0.05, 0.1) is 17.4 Å². The van der Waals surface area contributed by atoms with Crippen LogP contribution in [0.5, 0.6) is 0 Å². The van der Waals surface area contributed by atoms with Gasteiger partial charge in [-0.25, -0.2) is 4.90 Å². The third kappa shape index (κ3) is 2.25. The molecule has 152 valence electrons. The van der Waals surface area contributed by atoms with Crippen molar-refractivity contribution in [3.63, 3.8) is 0 Å². The Morgan fingerprint density at radius 2 is 1.70 bits per heavy atom. The van der Waals surface area contributed by atoms with Gasteiger partial charge in [-0.2, -0.15) is 0 Å². The Kier molecular flexibility index (Phi) is 3.98. The first-order chi connectivity index (χ1) is 14.4. The highest BCUT2D eigenvalue weighted by Gasteiger charge is 2.74. The molecule has 0 aliphatic carbocycles. The predicted octanol–water partition coefficient (Wildman–Crippen LogP) is 1.58. The van der Waals surface area contributed by atoms with Crippen LogP contribution in [0.4, 0.5) is 11.4 Å². The Bertz CT molecular complexity index is 1100. The Morgan fingerprint density at radius 3 is 2.40 bits per heavy atom. The molecule has 2 aromatic rings. The fraction of sp³-hybridized carbons (Fsp3) is 0.292. The van der Waals surface area contributed by atoms with Crippen molar-refractivity contribution in [2.75, 3.05) is 16.3 Å². The minimum absolute atomic E-state index is 0.137. The van der Waals surface area contributed by atoms with E-state index in [0.29, 0.717) is 12.2 Å². The summed E-state index contributed by atoms with van der Waals surface area (Å²) in [5, 5.41) is 1.94. The number of anilines is 2. The van der Waals surface area contributed by atoms with Crippen LogP contribution in [0.25, 0.3) is 0 Å². The Morgan fingerprint density at radius 1 is 1.03 bits per heavy atom. The average molecular weight is 402 g/mol. The molecule has 0 unspecified atom stereocenters. The highest BCUT2D eigenvalue weighted by atomic mass is 16.2. The number of para-hydroxylation sites is 2. The van der Waals surface area contributed by atoms with Crippen molar-refractivity contribution in [3.05, 3.63) is 72.3 Å². The number of rotatable bonds is 3. The lowest BCUT2D eigenvalue weighted by Crippen LogP contribution is -2.98. The fourth-order valence-electron chi connectivity index (χ4n) is 5.55. The predicted molar refractivity (Wildman–Crippen MR) is 113 cm³/mol. The van der Waals surface area contributed by atoms with Crippen molar-refractivity contribution in [2.45, 2.75) is 25.4 Å². The lowest BCUT2D eigenvalue weighted by atomic mass is 9.76. The van der Waals surface area contributed by atoms with Crippen LogP contribution in [0.3, 0.4) is 0 Å². The van der Waals surface area contributed by atoms with E-state index in [1.807, 2.05) is 49.5 Å². The van der Waals surface area contributed by atoms with Crippen molar-refractivity contribution < 1.29 is 19.7 Å². The van der Waals surface area contributed by atoms with Gasteiger partial charge in [0.15, 0.2) is 0 Å². The SMILES string of the molecule is C=C(C)CN1C(=O)[C@]2([NH2+][C@H](C)[C@@H]3C(=O)N(c4ccccc4)C(=O)[C@H]32)c2ccccc21. The van der Waals surface area contributed by atoms with E-state index in [9.17, 15) is 14.4 Å². The third-order valence-corrected chi connectivity index (χ3v) is 6.62. The van der Waals surface area contributed by atoms with E-state index in [1.165, 1.54) is 4.90 Å². The molecule has 3 aliphatic heterocycles. The number of imide groups is 1. The lowest BCUT2D eigenvalue weighted by Gasteiger charge is -2.27. The molecule has 2 aromatic carbocycles. The molecule has 2 saturated heterocycles. The number of carbonyl (C=O) groups excluding carboxylic acids is 3. The first-order valence-electron chi connectivity index (χ1n) is 10.2. The number of nitrogens with two attached hydrogens (primary N) is 1. The molecule has 3 amide bonds. The van der Waals surface area contributed by atoms with E-state index in [4.69, 9.17) is 0 Å². The second-order valence-corrected chi connectivity index (χ2v) is 8.61. The van der Waals surface area contributed by atoms with E-state index < -0.39 is 17.4 Å². The van der Waals surface area contributed by atoms with Crippen molar-refractivity contribution >= 4 is 29.1 Å². The summed E-state index contributed by atoms with van der Waals surface area (Å²) in [5.74, 6) is -1.93. The number of hydrogen-bond donors (Lipinski definition) is 1. The average Bonchev–Trinajstić information content (AvgIpc) is 3.27. The van der Waals surface area contributed by atoms with Crippen LogP contribution in [0.15, 0.2) is 66.7 Å². The second-order valence-electron chi connectivity index (χ2n) is 8.61. The van der Waals surface area contributed by atoms with Crippen molar-refractivity contribution in [1.29, 1.82) is 0 Å². The number of carbonyl (C=O) groups is 3. The van der Waals surface area contributed by atoms with Crippen LogP contribution in [-0.4, -0.2) is 30.3 Å². The second kappa shape index (κ2) is 6.37. The van der Waals surface area contributed by atoms with Crippen LogP contribution in [0.1, 0.15) is 19.4 Å². The maximum atomic E-state index is 13.9. The maximum Gasteiger partial charge on any atom is 0.294 e. The third-order valence-electron chi connectivity index (χ3n) is 6.62. The maximum absolute atomic E-state index is 13.9. The number of quaternary nitrogens is 1. The molecule has 0 saturated carbocycles. The molecule has 30 heavy (non-hydrogen) atoms. The molecule has 4 atom stereocenters. The first-order valence-corrected chi connectivity index (χ1v) is 10.2. The fourth-order valence-corrected chi connectivity index (χ4v) is 5.55. The number of fused-ring (bicyclic) bond motifs is 4. The van der Waals surface area contributed by atoms with Gasteiger partial charge in [-0.1, -0.05) is 48.6 Å². The van der Waals surface area contributed by atoms with Crippen LogP contribution >= 0.6 is 0 Å². The van der Waals surface area contributed by atoms with Gasteiger partial charge in [0.2, 0.25) is 17.4 Å². The highest BCUT2D eigenvalue weighted by Crippen LogP contribution is 2.51. The summed E-state index contributed by atoms with van der Waals surface area (Å²) in [6.45, 7) is 8.17. The number of amides is 3. The van der Waals surface area contributed by atoms with Gasteiger partial charge in [-0.05, 0) is 32.0 Å². The van der Waals surface area contributed by atoms with Gasteiger partial charge in [0.25, 0.3) is 5.91 Å². The van der Waals surface area contributed by atoms with E-state index >= 15 is 0 Å². The Labute approximate surface area is 175 Å². The van der Waals surface area contributed by atoms with Gasteiger partial charge >= 0.3 is 0 Å². The van der Waals surface area contributed by atoms with E-state index in [1.54, 1.807) is 29.2 Å². The van der Waals surface area contributed by atoms with Gasteiger partial charge < -0.3 is 10.2 Å². The Balaban J connectivity index is 1.67. The zero-order valence-corrected chi connectivity index (χ0v) is 17.0. The molecule has 2 fully saturated rings. The molecule has 0 bridgehead atoms. The van der Waals surface area contributed by atoms with Gasteiger partial charge in [0.1, 0.15) is 11.8 Å².